The van der Waals surface area contributed by atoms with Crippen molar-refractivity contribution in [3.8, 4) is 5.75 Å². The van der Waals surface area contributed by atoms with Crippen LogP contribution in [0.25, 0.3) is 0 Å². The molecule has 0 fully saturated rings. The van der Waals surface area contributed by atoms with Crippen LogP contribution in [0.15, 0.2) is 41.8 Å². The van der Waals surface area contributed by atoms with Crippen molar-refractivity contribution in [2.24, 2.45) is 0 Å². The Morgan fingerprint density at radius 2 is 1.75 bits per heavy atom. The van der Waals surface area contributed by atoms with Crippen LogP contribution in [0.4, 0.5) is 0 Å². The van der Waals surface area contributed by atoms with Crippen molar-refractivity contribution in [2.45, 2.75) is 20.8 Å². The highest BCUT2D eigenvalue weighted by Gasteiger charge is 1.87. The zero-order valence-corrected chi connectivity index (χ0v) is 10.9. The van der Waals surface area contributed by atoms with Crippen molar-refractivity contribution in [2.75, 3.05) is 6.61 Å². The van der Waals surface area contributed by atoms with Gasteiger partial charge >= 0.3 is 0 Å². The van der Waals surface area contributed by atoms with E-state index in [-0.39, 0.29) is 0 Å². The number of aryl methyl sites for hydroxylation is 2. The van der Waals surface area contributed by atoms with E-state index < -0.39 is 0 Å². The lowest BCUT2D eigenvalue weighted by molar-refractivity contribution is 0.340. The van der Waals surface area contributed by atoms with Gasteiger partial charge in [0.15, 0.2) is 0 Å². The molecule has 0 unspecified atom stereocenters. The third-order valence-corrected chi connectivity index (χ3v) is 2.80. The monoisotopic (exact) mass is 234 g/mol. The standard InChI is InChI=1S/C9H12O.C5H6S/c1-3-10-9-6-4-8(2)5-7-9;1-5-3-2-4-6-5/h4-7H,3H2,1-2H3;2-4H,1H3. The fraction of sp³-hybridized carbons (Fsp3) is 0.286. The molecular weight excluding hydrogens is 216 g/mol. The predicted octanol–water partition coefficient (Wildman–Crippen LogP) is 4.45. The number of ether oxygens (including phenoxy) is 1. The van der Waals surface area contributed by atoms with Crippen LogP contribution in [-0.4, -0.2) is 6.61 Å². The van der Waals surface area contributed by atoms with E-state index in [4.69, 9.17) is 4.74 Å². The van der Waals surface area contributed by atoms with Gasteiger partial charge in [-0.15, -0.1) is 11.3 Å². The number of rotatable bonds is 2. The molecule has 1 nitrogen and oxygen atoms in total. The third-order valence-electron chi connectivity index (χ3n) is 2.00. The lowest BCUT2D eigenvalue weighted by atomic mass is 10.2. The van der Waals surface area contributed by atoms with Crippen LogP contribution in [0.3, 0.4) is 0 Å². The Kier molecular flexibility index (Phi) is 5.65. The Bertz CT molecular complexity index is 376. The average Bonchev–Trinajstić information content (AvgIpc) is 2.74. The second-order valence-corrected chi connectivity index (χ2v) is 4.62. The van der Waals surface area contributed by atoms with Crippen molar-refractivity contribution < 1.29 is 4.74 Å². The van der Waals surface area contributed by atoms with Gasteiger partial charge in [0.1, 0.15) is 5.75 Å². The zero-order chi connectivity index (χ0) is 11.8. The predicted molar refractivity (Wildman–Crippen MR) is 71.4 cm³/mol. The molecule has 1 aromatic carbocycles. The van der Waals surface area contributed by atoms with Gasteiger partial charge in [-0.2, -0.15) is 0 Å². The molecule has 0 saturated carbocycles. The number of benzene rings is 1. The molecule has 1 heterocycles. The third kappa shape index (κ3) is 4.99. The molecule has 2 aromatic rings. The minimum absolute atomic E-state index is 0.739. The molecule has 0 aliphatic heterocycles. The summed E-state index contributed by atoms with van der Waals surface area (Å²) in [5, 5.41) is 2.08. The van der Waals surface area contributed by atoms with E-state index in [1.54, 1.807) is 11.3 Å². The van der Waals surface area contributed by atoms with Crippen molar-refractivity contribution in [3.05, 3.63) is 52.2 Å². The average molecular weight is 234 g/mol. The Balaban J connectivity index is 0.000000181. The summed E-state index contributed by atoms with van der Waals surface area (Å²) in [5.74, 6) is 0.952. The van der Waals surface area contributed by atoms with E-state index in [2.05, 4.69) is 31.4 Å². The zero-order valence-electron chi connectivity index (χ0n) is 10.1. The first-order valence-electron chi connectivity index (χ1n) is 5.42. The first-order valence-corrected chi connectivity index (χ1v) is 6.30. The van der Waals surface area contributed by atoms with Crippen molar-refractivity contribution >= 4 is 11.3 Å². The molecule has 0 aliphatic rings. The molecule has 0 bridgehead atoms. The summed E-state index contributed by atoms with van der Waals surface area (Å²) in [6.45, 7) is 6.89. The van der Waals surface area contributed by atoms with Crippen LogP contribution < -0.4 is 4.74 Å². The molecule has 0 saturated heterocycles. The summed E-state index contributed by atoms with van der Waals surface area (Å²) in [6.07, 6.45) is 0. The molecular formula is C14H18OS. The quantitative estimate of drug-likeness (QED) is 0.746. The first-order chi connectivity index (χ1) is 7.72. The van der Waals surface area contributed by atoms with Crippen LogP contribution >= 0.6 is 11.3 Å². The van der Waals surface area contributed by atoms with Crippen LogP contribution in [-0.2, 0) is 0 Å². The molecule has 2 rings (SSSR count). The Hall–Kier alpha value is -1.28. The van der Waals surface area contributed by atoms with E-state index in [0.29, 0.717) is 0 Å². The van der Waals surface area contributed by atoms with E-state index >= 15 is 0 Å². The van der Waals surface area contributed by atoms with Crippen molar-refractivity contribution in [3.63, 3.8) is 0 Å². The van der Waals surface area contributed by atoms with E-state index in [0.717, 1.165) is 12.4 Å². The summed E-state index contributed by atoms with van der Waals surface area (Å²) >= 11 is 1.78. The smallest absolute Gasteiger partial charge is 0.119 e. The normalized spacial score (nSPS) is 9.19. The Morgan fingerprint density at radius 1 is 1.06 bits per heavy atom. The van der Waals surface area contributed by atoms with Crippen LogP contribution in [0.1, 0.15) is 17.4 Å². The summed E-state index contributed by atoms with van der Waals surface area (Å²) < 4.78 is 5.26. The SMILES string of the molecule is CCOc1ccc(C)cc1.Cc1cccs1. The maximum Gasteiger partial charge on any atom is 0.119 e. The van der Waals surface area contributed by atoms with Crippen molar-refractivity contribution in [1.82, 2.24) is 0 Å². The van der Waals surface area contributed by atoms with Gasteiger partial charge in [0.2, 0.25) is 0 Å². The van der Waals surface area contributed by atoms with Gasteiger partial charge < -0.3 is 4.74 Å². The van der Waals surface area contributed by atoms with Gasteiger partial charge in [0, 0.05) is 4.88 Å². The van der Waals surface area contributed by atoms with E-state index in [1.807, 2.05) is 31.2 Å². The molecule has 0 amide bonds. The maximum atomic E-state index is 5.26. The largest absolute Gasteiger partial charge is 0.494 e. The second-order valence-electron chi connectivity index (χ2n) is 3.47. The summed E-state index contributed by atoms with van der Waals surface area (Å²) in [7, 11) is 0. The second kappa shape index (κ2) is 7.07. The molecule has 1 aromatic heterocycles. The van der Waals surface area contributed by atoms with Gasteiger partial charge in [-0.3, -0.25) is 0 Å². The van der Waals surface area contributed by atoms with Gasteiger partial charge in [-0.25, -0.2) is 0 Å². The first kappa shape index (κ1) is 12.8. The van der Waals surface area contributed by atoms with Gasteiger partial charge in [0.25, 0.3) is 0 Å². The number of hydrogen-bond acceptors (Lipinski definition) is 2. The highest BCUT2D eigenvalue weighted by molar-refractivity contribution is 7.09. The fourth-order valence-corrected chi connectivity index (χ4v) is 1.69. The summed E-state index contributed by atoms with van der Waals surface area (Å²) in [5.41, 5.74) is 1.27. The molecule has 0 radical (unpaired) electrons. The lowest BCUT2D eigenvalue weighted by Gasteiger charge is -2.01. The Labute approximate surface area is 102 Å². The molecule has 0 N–H and O–H groups in total. The van der Waals surface area contributed by atoms with Gasteiger partial charge in [-0.05, 0) is 44.4 Å². The van der Waals surface area contributed by atoms with Crippen molar-refractivity contribution in [1.29, 1.82) is 0 Å². The lowest BCUT2D eigenvalue weighted by Crippen LogP contribution is -1.90. The van der Waals surface area contributed by atoms with Gasteiger partial charge in [0.05, 0.1) is 6.61 Å². The number of thiophene rings is 1. The topological polar surface area (TPSA) is 9.23 Å². The summed E-state index contributed by atoms with van der Waals surface area (Å²) in [6, 6.07) is 12.2. The van der Waals surface area contributed by atoms with Crippen LogP contribution in [0.5, 0.6) is 5.75 Å². The molecule has 2 heteroatoms. The number of hydrogen-bond donors (Lipinski definition) is 0. The maximum absolute atomic E-state index is 5.26. The van der Waals surface area contributed by atoms with E-state index in [9.17, 15) is 0 Å². The van der Waals surface area contributed by atoms with Gasteiger partial charge in [-0.1, -0.05) is 23.8 Å². The molecule has 0 aliphatic carbocycles. The molecule has 16 heavy (non-hydrogen) atoms. The highest BCUT2D eigenvalue weighted by Crippen LogP contribution is 2.10. The minimum atomic E-state index is 0.739. The molecule has 86 valence electrons. The summed E-state index contributed by atoms with van der Waals surface area (Å²) in [4.78, 5) is 1.38. The highest BCUT2D eigenvalue weighted by atomic mass is 32.1. The molecule has 0 atom stereocenters. The van der Waals surface area contributed by atoms with E-state index in [1.165, 1.54) is 10.4 Å². The molecule has 0 spiro atoms. The Morgan fingerprint density at radius 3 is 2.12 bits per heavy atom. The van der Waals surface area contributed by atoms with Crippen LogP contribution in [0.2, 0.25) is 0 Å². The van der Waals surface area contributed by atoms with Crippen LogP contribution in [0, 0.1) is 13.8 Å². The fourth-order valence-electron chi connectivity index (χ4n) is 1.16. The minimum Gasteiger partial charge on any atom is -0.494 e.